The molecule has 0 radical (unpaired) electrons. The van der Waals surface area contributed by atoms with Crippen molar-refractivity contribution >= 4 is 17.8 Å². The Balaban J connectivity index is 1.43. The van der Waals surface area contributed by atoms with Gasteiger partial charge in [-0.05, 0) is 50.7 Å². The van der Waals surface area contributed by atoms with Crippen LogP contribution in [-0.2, 0) is 4.79 Å². The SMILES string of the molecule is O=C(Nc1cc(C2CC2)nn1-c1ccccc1)NC1CCC(C(=O)O)CC1. The van der Waals surface area contributed by atoms with Crippen molar-refractivity contribution in [2.24, 2.45) is 5.92 Å². The Hall–Kier alpha value is -2.83. The summed E-state index contributed by atoms with van der Waals surface area (Å²) >= 11 is 0. The van der Waals surface area contributed by atoms with Gasteiger partial charge >= 0.3 is 12.0 Å². The third-order valence-corrected chi connectivity index (χ3v) is 5.38. The lowest BCUT2D eigenvalue weighted by molar-refractivity contribution is -0.142. The summed E-state index contributed by atoms with van der Waals surface area (Å²) in [6.07, 6.45) is 4.88. The fourth-order valence-electron chi connectivity index (χ4n) is 3.66. The molecule has 27 heavy (non-hydrogen) atoms. The molecule has 4 rings (SSSR count). The molecule has 7 nitrogen and oxygen atoms in total. The lowest BCUT2D eigenvalue weighted by atomic mass is 9.86. The van der Waals surface area contributed by atoms with Crippen molar-refractivity contribution in [1.82, 2.24) is 15.1 Å². The first kappa shape index (κ1) is 17.6. The number of hydrogen-bond donors (Lipinski definition) is 3. The predicted octanol–water partition coefficient (Wildman–Crippen LogP) is 3.51. The van der Waals surface area contributed by atoms with Crippen LogP contribution < -0.4 is 10.6 Å². The first-order valence-electron chi connectivity index (χ1n) is 9.56. The summed E-state index contributed by atoms with van der Waals surface area (Å²) in [4.78, 5) is 23.5. The van der Waals surface area contributed by atoms with Crippen LogP contribution >= 0.6 is 0 Å². The molecule has 2 aromatic rings. The van der Waals surface area contributed by atoms with Gasteiger partial charge in [0, 0.05) is 18.0 Å². The monoisotopic (exact) mass is 368 g/mol. The highest BCUT2D eigenvalue weighted by molar-refractivity contribution is 5.89. The third-order valence-electron chi connectivity index (χ3n) is 5.38. The molecule has 2 aliphatic rings. The number of hydrogen-bond acceptors (Lipinski definition) is 3. The van der Waals surface area contributed by atoms with Gasteiger partial charge in [0.15, 0.2) is 0 Å². The Morgan fingerprint density at radius 1 is 1.04 bits per heavy atom. The Bertz CT molecular complexity index is 821. The van der Waals surface area contributed by atoms with Gasteiger partial charge in [-0.1, -0.05) is 18.2 Å². The molecule has 142 valence electrons. The molecule has 2 saturated carbocycles. The molecule has 2 amide bonds. The van der Waals surface area contributed by atoms with E-state index in [2.05, 4.69) is 15.7 Å². The second kappa shape index (κ2) is 7.42. The van der Waals surface area contributed by atoms with Crippen molar-refractivity contribution in [3.8, 4) is 5.69 Å². The average molecular weight is 368 g/mol. The molecule has 3 N–H and O–H groups in total. The van der Waals surface area contributed by atoms with E-state index < -0.39 is 5.97 Å². The van der Waals surface area contributed by atoms with Gasteiger partial charge in [0.1, 0.15) is 5.82 Å². The zero-order valence-electron chi connectivity index (χ0n) is 15.1. The van der Waals surface area contributed by atoms with Crippen molar-refractivity contribution < 1.29 is 14.7 Å². The minimum atomic E-state index is -0.739. The minimum absolute atomic E-state index is 0.0107. The molecule has 1 heterocycles. The van der Waals surface area contributed by atoms with Gasteiger partial charge in [-0.3, -0.25) is 10.1 Å². The van der Waals surface area contributed by atoms with Crippen LogP contribution in [0.3, 0.4) is 0 Å². The fourth-order valence-corrected chi connectivity index (χ4v) is 3.66. The smallest absolute Gasteiger partial charge is 0.320 e. The fraction of sp³-hybridized carbons (Fsp3) is 0.450. The van der Waals surface area contributed by atoms with Gasteiger partial charge in [-0.25, -0.2) is 9.48 Å². The molecular formula is C20H24N4O3. The van der Waals surface area contributed by atoms with Gasteiger partial charge in [-0.15, -0.1) is 0 Å². The zero-order valence-corrected chi connectivity index (χ0v) is 15.1. The molecule has 0 unspecified atom stereocenters. The van der Waals surface area contributed by atoms with E-state index in [1.165, 1.54) is 0 Å². The number of rotatable bonds is 5. The van der Waals surface area contributed by atoms with E-state index in [1.54, 1.807) is 4.68 Å². The maximum atomic E-state index is 12.5. The first-order valence-corrected chi connectivity index (χ1v) is 9.56. The minimum Gasteiger partial charge on any atom is -0.481 e. The van der Waals surface area contributed by atoms with Crippen molar-refractivity contribution in [1.29, 1.82) is 0 Å². The number of anilines is 1. The Morgan fingerprint density at radius 2 is 1.74 bits per heavy atom. The van der Waals surface area contributed by atoms with Crippen LogP contribution in [-0.4, -0.2) is 32.9 Å². The van der Waals surface area contributed by atoms with E-state index in [-0.39, 0.29) is 18.0 Å². The molecular weight excluding hydrogens is 344 g/mol. The van der Waals surface area contributed by atoms with Crippen LogP contribution in [0, 0.1) is 5.92 Å². The van der Waals surface area contributed by atoms with Gasteiger partial charge < -0.3 is 10.4 Å². The van der Waals surface area contributed by atoms with Crippen LogP contribution in [0.25, 0.3) is 5.69 Å². The summed E-state index contributed by atoms with van der Waals surface area (Å²) in [6.45, 7) is 0. The summed E-state index contributed by atoms with van der Waals surface area (Å²) in [6, 6.07) is 11.4. The maximum Gasteiger partial charge on any atom is 0.320 e. The molecule has 2 fully saturated rings. The highest BCUT2D eigenvalue weighted by atomic mass is 16.4. The standard InChI is InChI=1S/C20H24N4O3/c25-19(26)14-8-10-15(11-9-14)21-20(27)22-18-12-17(13-6-7-13)23-24(18)16-4-2-1-3-5-16/h1-5,12-15H,6-11H2,(H,25,26)(H2,21,22,27). The predicted molar refractivity (Wildman–Crippen MR) is 101 cm³/mol. The second-order valence-corrected chi connectivity index (χ2v) is 7.46. The Kier molecular flexibility index (Phi) is 4.83. The molecule has 2 aliphatic carbocycles. The molecule has 0 spiro atoms. The first-order chi connectivity index (χ1) is 13.1. The number of aliphatic carboxylic acids is 1. The lowest BCUT2D eigenvalue weighted by Gasteiger charge is -2.26. The van der Waals surface area contributed by atoms with E-state index in [4.69, 9.17) is 5.11 Å². The van der Waals surface area contributed by atoms with Gasteiger partial charge in [-0.2, -0.15) is 5.10 Å². The molecule has 0 aliphatic heterocycles. The number of carbonyl (C=O) groups is 2. The quantitative estimate of drug-likeness (QED) is 0.752. The lowest BCUT2D eigenvalue weighted by Crippen LogP contribution is -2.41. The Morgan fingerprint density at radius 3 is 2.37 bits per heavy atom. The zero-order chi connectivity index (χ0) is 18.8. The topological polar surface area (TPSA) is 96.3 Å². The van der Waals surface area contributed by atoms with Crippen molar-refractivity contribution in [2.75, 3.05) is 5.32 Å². The summed E-state index contributed by atoms with van der Waals surface area (Å²) < 4.78 is 1.77. The van der Waals surface area contributed by atoms with E-state index in [0.29, 0.717) is 37.4 Å². The maximum absolute atomic E-state index is 12.5. The number of para-hydroxylation sites is 1. The number of carboxylic acids is 1. The van der Waals surface area contributed by atoms with Crippen molar-refractivity contribution in [2.45, 2.75) is 50.5 Å². The van der Waals surface area contributed by atoms with E-state index in [1.807, 2.05) is 36.4 Å². The summed E-state index contributed by atoms with van der Waals surface area (Å²) in [5.41, 5.74) is 1.91. The number of benzene rings is 1. The van der Waals surface area contributed by atoms with Gasteiger partial charge in [0.05, 0.1) is 17.3 Å². The van der Waals surface area contributed by atoms with Crippen LogP contribution in [0.4, 0.5) is 10.6 Å². The van der Waals surface area contributed by atoms with Gasteiger partial charge in [0.25, 0.3) is 0 Å². The number of aromatic nitrogens is 2. The number of nitrogens with one attached hydrogen (secondary N) is 2. The number of carbonyl (C=O) groups excluding carboxylic acids is 1. The third kappa shape index (κ3) is 4.13. The summed E-state index contributed by atoms with van der Waals surface area (Å²) in [5, 5.41) is 19.7. The van der Waals surface area contributed by atoms with E-state index >= 15 is 0 Å². The Labute approximate surface area is 157 Å². The summed E-state index contributed by atoms with van der Waals surface area (Å²) in [7, 11) is 0. The number of urea groups is 1. The molecule has 0 bridgehead atoms. The molecule has 0 saturated heterocycles. The van der Waals surface area contributed by atoms with E-state index in [9.17, 15) is 9.59 Å². The molecule has 7 heteroatoms. The number of amides is 2. The van der Waals surface area contributed by atoms with Crippen LogP contribution in [0.15, 0.2) is 36.4 Å². The molecule has 0 atom stereocenters. The highest BCUT2D eigenvalue weighted by Gasteiger charge is 2.29. The van der Waals surface area contributed by atoms with Crippen molar-refractivity contribution in [3.63, 3.8) is 0 Å². The number of carboxylic acid groups (broad SMARTS) is 1. The van der Waals surface area contributed by atoms with Crippen LogP contribution in [0.2, 0.25) is 0 Å². The second-order valence-electron chi connectivity index (χ2n) is 7.46. The van der Waals surface area contributed by atoms with Crippen LogP contribution in [0.1, 0.15) is 50.1 Å². The van der Waals surface area contributed by atoms with Crippen molar-refractivity contribution in [3.05, 3.63) is 42.1 Å². The molecule has 1 aromatic heterocycles. The highest BCUT2D eigenvalue weighted by Crippen LogP contribution is 2.40. The largest absolute Gasteiger partial charge is 0.481 e. The summed E-state index contributed by atoms with van der Waals surface area (Å²) in [5.74, 6) is 0.119. The number of nitrogens with zero attached hydrogens (tertiary/aromatic N) is 2. The van der Waals surface area contributed by atoms with Crippen LogP contribution in [0.5, 0.6) is 0 Å². The van der Waals surface area contributed by atoms with E-state index in [0.717, 1.165) is 24.2 Å². The van der Waals surface area contributed by atoms with Gasteiger partial charge in [0.2, 0.25) is 0 Å². The molecule has 1 aromatic carbocycles. The normalized spacial score (nSPS) is 22.2. The average Bonchev–Trinajstić information content (AvgIpc) is 3.44.